The monoisotopic (exact) mass is 392 g/mol. The lowest BCUT2D eigenvalue weighted by atomic mass is 10.2. The quantitative estimate of drug-likeness (QED) is 0.758. The van der Waals surface area contributed by atoms with Crippen LogP contribution in [0.25, 0.3) is 0 Å². The van der Waals surface area contributed by atoms with Crippen molar-refractivity contribution in [2.45, 2.75) is 24.2 Å². The number of benzene rings is 1. The van der Waals surface area contributed by atoms with Crippen LogP contribution in [0.2, 0.25) is 0 Å². The molecule has 8 nitrogen and oxygen atoms in total. The van der Waals surface area contributed by atoms with E-state index in [0.717, 1.165) is 19.3 Å². The maximum atomic E-state index is 12.8. The van der Waals surface area contributed by atoms with Gasteiger partial charge in [0.2, 0.25) is 10.0 Å². The molecular weight excluding hydrogens is 368 g/mol. The minimum atomic E-state index is -3.59. The first-order valence-corrected chi connectivity index (χ1v) is 10.2. The number of sulfonamides is 1. The van der Waals surface area contributed by atoms with Gasteiger partial charge in [0.1, 0.15) is 16.3 Å². The number of amides is 1. The molecule has 0 aliphatic carbocycles. The average Bonchev–Trinajstić information content (AvgIpc) is 3.05. The summed E-state index contributed by atoms with van der Waals surface area (Å²) in [5.74, 6) is 0.101. The lowest BCUT2D eigenvalue weighted by Gasteiger charge is -2.25. The van der Waals surface area contributed by atoms with E-state index in [4.69, 9.17) is 10.5 Å². The predicted octanol–water partition coefficient (Wildman–Crippen LogP) is 2.04. The molecule has 3 N–H and O–H groups in total. The molecule has 0 unspecified atom stereocenters. The van der Waals surface area contributed by atoms with Crippen molar-refractivity contribution in [2.24, 2.45) is 7.05 Å². The fourth-order valence-corrected chi connectivity index (χ4v) is 4.75. The highest BCUT2D eigenvalue weighted by atomic mass is 32.2. The molecule has 0 spiro atoms. The largest absolute Gasteiger partial charge is 0.495 e. The summed E-state index contributed by atoms with van der Waals surface area (Å²) in [4.78, 5) is 12.7. The van der Waals surface area contributed by atoms with Crippen LogP contribution in [0.15, 0.2) is 35.4 Å². The molecule has 1 aliphatic heterocycles. The number of nitrogens with one attached hydrogen (secondary N) is 1. The van der Waals surface area contributed by atoms with Crippen molar-refractivity contribution in [3.63, 3.8) is 0 Å². The van der Waals surface area contributed by atoms with Gasteiger partial charge in [0, 0.05) is 32.0 Å². The van der Waals surface area contributed by atoms with E-state index in [1.165, 1.54) is 28.2 Å². The molecule has 27 heavy (non-hydrogen) atoms. The van der Waals surface area contributed by atoms with Crippen LogP contribution in [0.5, 0.6) is 5.75 Å². The van der Waals surface area contributed by atoms with Crippen LogP contribution in [0.3, 0.4) is 0 Å². The second-order valence-corrected chi connectivity index (χ2v) is 8.49. The number of methoxy groups -OCH3 is 1. The minimum absolute atomic E-state index is 0.131. The van der Waals surface area contributed by atoms with Crippen LogP contribution in [-0.4, -0.2) is 43.4 Å². The highest BCUT2D eigenvalue weighted by Crippen LogP contribution is 2.26. The number of hydrogen-bond acceptors (Lipinski definition) is 5. The number of anilines is 2. The molecule has 0 radical (unpaired) electrons. The van der Waals surface area contributed by atoms with Gasteiger partial charge < -0.3 is 20.4 Å². The van der Waals surface area contributed by atoms with Gasteiger partial charge >= 0.3 is 0 Å². The molecule has 1 aliphatic rings. The van der Waals surface area contributed by atoms with Gasteiger partial charge in [0.15, 0.2) is 0 Å². The molecule has 2 aromatic rings. The number of piperidine rings is 1. The first kappa shape index (κ1) is 19.2. The fourth-order valence-electron chi connectivity index (χ4n) is 3.16. The number of nitrogens with two attached hydrogens (primary N) is 1. The van der Waals surface area contributed by atoms with E-state index in [1.807, 2.05) is 0 Å². The zero-order chi connectivity index (χ0) is 19.6. The summed E-state index contributed by atoms with van der Waals surface area (Å²) in [5, 5.41) is 2.73. The highest BCUT2D eigenvalue weighted by Gasteiger charge is 2.28. The van der Waals surface area contributed by atoms with Crippen molar-refractivity contribution in [2.75, 3.05) is 31.2 Å². The van der Waals surface area contributed by atoms with Gasteiger partial charge in [0.25, 0.3) is 5.91 Å². The molecule has 0 atom stereocenters. The summed E-state index contributed by atoms with van der Waals surface area (Å²) in [6.45, 7) is 1.04. The van der Waals surface area contributed by atoms with Gasteiger partial charge in [-0.05, 0) is 37.1 Å². The van der Waals surface area contributed by atoms with E-state index >= 15 is 0 Å². The van der Waals surface area contributed by atoms with Gasteiger partial charge in [-0.15, -0.1) is 0 Å². The molecule has 0 saturated carbocycles. The normalized spacial score (nSPS) is 15.5. The third-order valence-electron chi connectivity index (χ3n) is 4.65. The van der Waals surface area contributed by atoms with Gasteiger partial charge in [-0.25, -0.2) is 8.42 Å². The Morgan fingerprint density at radius 1 is 1.19 bits per heavy atom. The molecule has 3 rings (SSSR count). The van der Waals surface area contributed by atoms with E-state index in [-0.39, 0.29) is 10.6 Å². The van der Waals surface area contributed by atoms with Crippen molar-refractivity contribution in [3.05, 3.63) is 36.2 Å². The Morgan fingerprint density at radius 3 is 2.52 bits per heavy atom. The molecule has 2 heterocycles. The SMILES string of the molecule is COc1ccc(NC(=O)c2cc(S(=O)(=O)N3CCCCC3)cn2C)cc1N. The molecule has 1 amide bonds. The lowest BCUT2D eigenvalue weighted by molar-refractivity contribution is 0.101. The number of nitrogen functional groups attached to an aromatic ring is 1. The van der Waals surface area contributed by atoms with Crippen molar-refractivity contribution in [1.29, 1.82) is 0 Å². The zero-order valence-electron chi connectivity index (χ0n) is 15.4. The Kier molecular flexibility index (Phi) is 5.43. The Morgan fingerprint density at radius 2 is 1.89 bits per heavy atom. The molecule has 1 aromatic heterocycles. The van der Waals surface area contributed by atoms with Crippen molar-refractivity contribution < 1.29 is 17.9 Å². The van der Waals surface area contributed by atoms with E-state index < -0.39 is 15.9 Å². The lowest BCUT2D eigenvalue weighted by Crippen LogP contribution is -2.35. The van der Waals surface area contributed by atoms with E-state index in [1.54, 1.807) is 25.2 Å². The molecule has 0 bridgehead atoms. The molecule has 1 aromatic carbocycles. The number of hydrogen-bond donors (Lipinski definition) is 2. The molecule has 1 fully saturated rings. The standard InChI is InChI=1S/C18H24N4O4S/c1-21-12-14(27(24,25)22-8-4-3-5-9-22)11-16(21)18(23)20-13-6-7-17(26-2)15(19)10-13/h6-7,10-12H,3-5,8-9,19H2,1-2H3,(H,20,23). The maximum Gasteiger partial charge on any atom is 0.272 e. The van der Waals surface area contributed by atoms with Gasteiger partial charge in [-0.2, -0.15) is 4.31 Å². The smallest absolute Gasteiger partial charge is 0.272 e. The van der Waals surface area contributed by atoms with Crippen LogP contribution in [0, 0.1) is 0 Å². The third-order valence-corrected chi connectivity index (χ3v) is 6.52. The summed E-state index contributed by atoms with van der Waals surface area (Å²) in [5.41, 5.74) is 7.00. The summed E-state index contributed by atoms with van der Waals surface area (Å²) in [6, 6.07) is 6.32. The zero-order valence-corrected chi connectivity index (χ0v) is 16.3. The Labute approximate surface area is 159 Å². The second-order valence-electron chi connectivity index (χ2n) is 6.55. The Balaban J connectivity index is 1.81. The number of aryl methyl sites for hydroxylation is 1. The molecular formula is C18H24N4O4S. The number of carbonyl (C=O) groups is 1. The van der Waals surface area contributed by atoms with Crippen LogP contribution in [-0.2, 0) is 17.1 Å². The van der Waals surface area contributed by atoms with Gasteiger partial charge in [0.05, 0.1) is 12.8 Å². The first-order valence-electron chi connectivity index (χ1n) is 8.74. The van der Waals surface area contributed by atoms with Crippen LogP contribution >= 0.6 is 0 Å². The van der Waals surface area contributed by atoms with Crippen LogP contribution in [0.1, 0.15) is 29.8 Å². The molecule has 9 heteroatoms. The van der Waals surface area contributed by atoms with Crippen molar-refractivity contribution in [1.82, 2.24) is 8.87 Å². The number of nitrogens with zero attached hydrogens (tertiary/aromatic N) is 2. The highest BCUT2D eigenvalue weighted by molar-refractivity contribution is 7.89. The Bertz CT molecular complexity index is 946. The molecule has 146 valence electrons. The average molecular weight is 392 g/mol. The topological polar surface area (TPSA) is 107 Å². The van der Waals surface area contributed by atoms with Crippen LogP contribution < -0.4 is 15.8 Å². The van der Waals surface area contributed by atoms with Crippen molar-refractivity contribution in [3.8, 4) is 5.75 Å². The summed E-state index contributed by atoms with van der Waals surface area (Å²) < 4.78 is 33.7. The maximum absolute atomic E-state index is 12.8. The van der Waals surface area contributed by atoms with E-state index in [9.17, 15) is 13.2 Å². The van der Waals surface area contributed by atoms with Gasteiger partial charge in [-0.3, -0.25) is 4.79 Å². The number of aromatic nitrogens is 1. The second kappa shape index (κ2) is 7.61. The van der Waals surface area contributed by atoms with Crippen molar-refractivity contribution >= 4 is 27.3 Å². The summed E-state index contributed by atoms with van der Waals surface area (Å²) in [6.07, 6.45) is 4.23. The summed E-state index contributed by atoms with van der Waals surface area (Å²) in [7, 11) is -0.432. The number of rotatable bonds is 5. The summed E-state index contributed by atoms with van der Waals surface area (Å²) >= 11 is 0. The molecule has 1 saturated heterocycles. The Hall–Kier alpha value is -2.52. The number of carbonyl (C=O) groups excluding carboxylic acids is 1. The van der Waals surface area contributed by atoms with E-state index in [2.05, 4.69) is 5.32 Å². The predicted molar refractivity (Wildman–Crippen MR) is 103 cm³/mol. The number of ether oxygens (including phenoxy) is 1. The van der Waals surface area contributed by atoms with Crippen LogP contribution in [0.4, 0.5) is 11.4 Å². The van der Waals surface area contributed by atoms with E-state index in [0.29, 0.717) is 30.2 Å². The fraction of sp³-hybridized carbons (Fsp3) is 0.389. The first-order chi connectivity index (χ1) is 12.8. The minimum Gasteiger partial charge on any atom is -0.495 e. The van der Waals surface area contributed by atoms with Gasteiger partial charge in [-0.1, -0.05) is 6.42 Å². The third kappa shape index (κ3) is 3.93.